The van der Waals surface area contributed by atoms with Crippen molar-refractivity contribution in [1.82, 2.24) is 0 Å². The van der Waals surface area contributed by atoms with Crippen LogP contribution in [0, 0.1) is 6.07 Å². The second kappa shape index (κ2) is 5.56. The van der Waals surface area contributed by atoms with Gasteiger partial charge in [-0.05, 0) is 23.8 Å². The van der Waals surface area contributed by atoms with Crippen LogP contribution in [0.3, 0.4) is 0 Å². The van der Waals surface area contributed by atoms with Crippen LogP contribution in [0.2, 0.25) is 0 Å². The molecule has 0 aliphatic carbocycles. The molecule has 0 fully saturated rings. The van der Waals surface area contributed by atoms with Crippen molar-refractivity contribution in [3.8, 4) is 5.75 Å². The number of ether oxygens (including phenoxy) is 2. The van der Waals surface area contributed by atoms with E-state index in [0.717, 1.165) is 11.3 Å². The van der Waals surface area contributed by atoms with Crippen molar-refractivity contribution >= 4 is 0 Å². The first-order chi connectivity index (χ1) is 6.36. The SMILES string of the molecule is COCCOc1cc[c]c(CN)c1. The summed E-state index contributed by atoms with van der Waals surface area (Å²) in [5.41, 5.74) is 6.42. The maximum Gasteiger partial charge on any atom is 0.119 e. The molecule has 0 unspecified atom stereocenters. The lowest BCUT2D eigenvalue weighted by molar-refractivity contribution is 0.146. The normalized spacial score (nSPS) is 10.0. The number of nitrogens with two attached hydrogens (primary N) is 1. The Balaban J connectivity index is 2.46. The summed E-state index contributed by atoms with van der Waals surface area (Å²) in [6, 6.07) is 8.56. The van der Waals surface area contributed by atoms with Crippen molar-refractivity contribution in [2.24, 2.45) is 5.73 Å². The summed E-state index contributed by atoms with van der Waals surface area (Å²) < 4.78 is 10.3. The Labute approximate surface area is 78.5 Å². The van der Waals surface area contributed by atoms with Crippen molar-refractivity contribution < 1.29 is 9.47 Å². The lowest BCUT2D eigenvalue weighted by atomic mass is 10.2. The fourth-order valence-electron chi connectivity index (χ4n) is 0.943. The minimum Gasteiger partial charge on any atom is -0.491 e. The van der Waals surface area contributed by atoms with Gasteiger partial charge >= 0.3 is 0 Å². The zero-order valence-corrected chi connectivity index (χ0v) is 7.75. The summed E-state index contributed by atoms with van der Waals surface area (Å²) in [6.07, 6.45) is 0. The maximum absolute atomic E-state index is 5.46. The zero-order chi connectivity index (χ0) is 9.52. The summed E-state index contributed by atoms with van der Waals surface area (Å²) >= 11 is 0. The van der Waals surface area contributed by atoms with Gasteiger partial charge in [0.2, 0.25) is 0 Å². The van der Waals surface area contributed by atoms with Crippen LogP contribution < -0.4 is 10.5 Å². The molecule has 3 nitrogen and oxygen atoms in total. The highest BCUT2D eigenvalue weighted by Crippen LogP contribution is 2.11. The van der Waals surface area contributed by atoms with Gasteiger partial charge in [-0.3, -0.25) is 0 Å². The summed E-state index contributed by atoms with van der Waals surface area (Å²) in [5, 5.41) is 0. The highest BCUT2D eigenvalue weighted by molar-refractivity contribution is 5.27. The number of benzene rings is 1. The standard InChI is InChI=1S/C10H14NO2/c1-12-5-6-13-10-4-2-3-9(7-10)8-11/h2,4,7H,5-6,8,11H2,1H3. The molecule has 0 saturated heterocycles. The van der Waals surface area contributed by atoms with Crippen LogP contribution in [-0.4, -0.2) is 20.3 Å². The Morgan fingerprint density at radius 3 is 3.00 bits per heavy atom. The summed E-state index contributed by atoms with van der Waals surface area (Å²) in [7, 11) is 1.65. The Morgan fingerprint density at radius 2 is 2.31 bits per heavy atom. The molecular weight excluding hydrogens is 166 g/mol. The molecule has 0 amide bonds. The molecule has 0 heterocycles. The predicted molar refractivity (Wildman–Crippen MR) is 50.5 cm³/mol. The molecule has 0 aliphatic heterocycles. The van der Waals surface area contributed by atoms with E-state index in [9.17, 15) is 0 Å². The number of hydrogen-bond acceptors (Lipinski definition) is 3. The molecule has 13 heavy (non-hydrogen) atoms. The Bertz CT molecular complexity index is 250. The van der Waals surface area contributed by atoms with Crippen LogP contribution in [0.1, 0.15) is 5.56 Å². The van der Waals surface area contributed by atoms with Gasteiger partial charge in [0, 0.05) is 13.7 Å². The van der Waals surface area contributed by atoms with Crippen molar-refractivity contribution in [3.05, 3.63) is 29.8 Å². The van der Waals surface area contributed by atoms with Gasteiger partial charge in [-0.2, -0.15) is 0 Å². The van der Waals surface area contributed by atoms with E-state index in [1.165, 1.54) is 0 Å². The minimum absolute atomic E-state index is 0.488. The van der Waals surface area contributed by atoms with E-state index < -0.39 is 0 Å². The highest BCUT2D eigenvalue weighted by atomic mass is 16.5. The summed E-state index contributed by atoms with van der Waals surface area (Å²) in [6.45, 7) is 1.64. The maximum atomic E-state index is 5.46. The first-order valence-corrected chi connectivity index (χ1v) is 4.19. The molecule has 0 atom stereocenters. The van der Waals surface area contributed by atoms with Gasteiger partial charge in [-0.25, -0.2) is 0 Å². The Hall–Kier alpha value is -1.06. The molecule has 1 aromatic rings. The van der Waals surface area contributed by atoms with Crippen LogP contribution in [-0.2, 0) is 11.3 Å². The van der Waals surface area contributed by atoms with Gasteiger partial charge in [0.25, 0.3) is 0 Å². The summed E-state index contributed by atoms with van der Waals surface area (Å²) in [4.78, 5) is 0. The van der Waals surface area contributed by atoms with Crippen molar-refractivity contribution in [3.63, 3.8) is 0 Å². The molecule has 3 heteroatoms. The average molecular weight is 180 g/mol. The van der Waals surface area contributed by atoms with Gasteiger partial charge in [-0.15, -0.1) is 0 Å². The fraction of sp³-hybridized carbons (Fsp3) is 0.400. The molecule has 1 radical (unpaired) electrons. The van der Waals surface area contributed by atoms with E-state index in [-0.39, 0.29) is 0 Å². The third-order valence-electron chi connectivity index (χ3n) is 1.61. The van der Waals surface area contributed by atoms with E-state index in [4.69, 9.17) is 15.2 Å². The largest absolute Gasteiger partial charge is 0.491 e. The molecular formula is C10H14NO2. The highest BCUT2D eigenvalue weighted by Gasteiger charge is 1.94. The second-order valence-electron chi connectivity index (χ2n) is 2.60. The number of methoxy groups -OCH3 is 1. The third-order valence-corrected chi connectivity index (χ3v) is 1.61. The first kappa shape index (κ1) is 10.0. The predicted octanol–water partition coefficient (Wildman–Crippen LogP) is 0.971. The second-order valence-corrected chi connectivity index (χ2v) is 2.60. The van der Waals surface area contributed by atoms with Crippen LogP contribution in [0.4, 0.5) is 0 Å². The number of hydrogen-bond donors (Lipinski definition) is 1. The van der Waals surface area contributed by atoms with Gasteiger partial charge < -0.3 is 15.2 Å². The molecule has 0 aromatic heterocycles. The Morgan fingerprint density at radius 1 is 1.46 bits per heavy atom. The quantitative estimate of drug-likeness (QED) is 0.687. The van der Waals surface area contributed by atoms with Gasteiger partial charge in [0.15, 0.2) is 0 Å². The van der Waals surface area contributed by atoms with Gasteiger partial charge in [0.1, 0.15) is 12.4 Å². The van der Waals surface area contributed by atoms with E-state index in [2.05, 4.69) is 6.07 Å². The van der Waals surface area contributed by atoms with E-state index in [1.54, 1.807) is 7.11 Å². The molecule has 0 aliphatic rings. The smallest absolute Gasteiger partial charge is 0.119 e. The molecule has 1 rings (SSSR count). The van der Waals surface area contributed by atoms with Crippen molar-refractivity contribution in [1.29, 1.82) is 0 Å². The van der Waals surface area contributed by atoms with Crippen molar-refractivity contribution in [2.75, 3.05) is 20.3 Å². The van der Waals surface area contributed by atoms with E-state index in [1.807, 2.05) is 18.2 Å². The van der Waals surface area contributed by atoms with E-state index >= 15 is 0 Å². The van der Waals surface area contributed by atoms with E-state index in [0.29, 0.717) is 19.8 Å². The van der Waals surface area contributed by atoms with Crippen LogP contribution in [0.25, 0.3) is 0 Å². The molecule has 71 valence electrons. The minimum atomic E-state index is 0.488. The third kappa shape index (κ3) is 3.44. The Kier molecular flexibility index (Phi) is 4.29. The molecule has 0 bridgehead atoms. The topological polar surface area (TPSA) is 44.5 Å². The molecule has 0 spiro atoms. The first-order valence-electron chi connectivity index (χ1n) is 4.19. The van der Waals surface area contributed by atoms with Crippen LogP contribution in [0.5, 0.6) is 5.75 Å². The van der Waals surface area contributed by atoms with Crippen molar-refractivity contribution in [2.45, 2.75) is 6.54 Å². The zero-order valence-electron chi connectivity index (χ0n) is 7.75. The average Bonchev–Trinajstić information content (AvgIpc) is 2.19. The van der Waals surface area contributed by atoms with Gasteiger partial charge in [-0.1, -0.05) is 6.07 Å². The number of rotatable bonds is 5. The van der Waals surface area contributed by atoms with Crippen LogP contribution in [0.15, 0.2) is 18.2 Å². The lowest BCUT2D eigenvalue weighted by Gasteiger charge is -2.05. The molecule has 2 N–H and O–H groups in total. The lowest BCUT2D eigenvalue weighted by Crippen LogP contribution is -2.05. The molecule has 0 saturated carbocycles. The van der Waals surface area contributed by atoms with Gasteiger partial charge in [0.05, 0.1) is 6.61 Å². The fourth-order valence-corrected chi connectivity index (χ4v) is 0.943. The molecule has 1 aromatic carbocycles. The van der Waals surface area contributed by atoms with Crippen LogP contribution >= 0.6 is 0 Å². The monoisotopic (exact) mass is 180 g/mol. The summed E-state index contributed by atoms with van der Waals surface area (Å²) in [5.74, 6) is 0.816.